The highest BCUT2D eigenvalue weighted by atomic mass is 16.3. The molecule has 0 saturated heterocycles. The van der Waals surface area contributed by atoms with Crippen LogP contribution in [-0.2, 0) is 14.4 Å². The molecule has 8 atom stereocenters. The summed E-state index contributed by atoms with van der Waals surface area (Å²) in [5, 5.41) is 21.4. The Labute approximate surface area is 172 Å². The van der Waals surface area contributed by atoms with Crippen molar-refractivity contribution in [2.75, 3.05) is 0 Å². The SMILES string of the molecule is CC(=O)[C@H]1[C@H](O)C[C@@]2(C)[C@@H]3CC=C4[C@@H](CC(=O)[C@@H](O)C4(C)C)[C@]3(C)C(=O)C[C@]12C. The maximum absolute atomic E-state index is 13.8. The second kappa shape index (κ2) is 5.88. The molecule has 3 saturated carbocycles. The third kappa shape index (κ3) is 2.26. The first-order valence-electron chi connectivity index (χ1n) is 10.9. The Hall–Kier alpha value is -1.33. The van der Waals surface area contributed by atoms with Gasteiger partial charge in [0, 0.05) is 29.6 Å². The van der Waals surface area contributed by atoms with Gasteiger partial charge in [0.25, 0.3) is 0 Å². The molecule has 0 amide bonds. The van der Waals surface area contributed by atoms with Crippen molar-refractivity contribution in [1.29, 1.82) is 0 Å². The Morgan fingerprint density at radius 1 is 1.07 bits per heavy atom. The van der Waals surface area contributed by atoms with Crippen LogP contribution in [0.2, 0.25) is 0 Å². The molecule has 160 valence electrons. The Balaban J connectivity index is 1.88. The van der Waals surface area contributed by atoms with Gasteiger partial charge in [0.2, 0.25) is 0 Å². The van der Waals surface area contributed by atoms with E-state index >= 15 is 0 Å². The van der Waals surface area contributed by atoms with E-state index in [1.54, 1.807) is 0 Å². The number of hydrogen-bond acceptors (Lipinski definition) is 5. The van der Waals surface area contributed by atoms with Crippen molar-refractivity contribution in [3.8, 4) is 0 Å². The molecule has 0 aliphatic heterocycles. The summed E-state index contributed by atoms with van der Waals surface area (Å²) >= 11 is 0. The molecule has 0 spiro atoms. The van der Waals surface area contributed by atoms with E-state index in [0.717, 1.165) is 5.57 Å². The lowest BCUT2D eigenvalue weighted by Crippen LogP contribution is -2.64. The van der Waals surface area contributed by atoms with E-state index in [2.05, 4.69) is 13.0 Å². The zero-order valence-corrected chi connectivity index (χ0v) is 18.4. The number of aliphatic hydroxyl groups is 2. The summed E-state index contributed by atoms with van der Waals surface area (Å²) in [5.74, 6) is -0.957. The van der Waals surface area contributed by atoms with E-state index in [1.807, 2.05) is 27.7 Å². The summed E-state index contributed by atoms with van der Waals surface area (Å²) in [4.78, 5) is 38.9. The van der Waals surface area contributed by atoms with Crippen LogP contribution < -0.4 is 0 Å². The lowest BCUT2D eigenvalue weighted by Gasteiger charge is -2.63. The van der Waals surface area contributed by atoms with Gasteiger partial charge in [-0.15, -0.1) is 0 Å². The molecular weight excluding hydrogens is 368 g/mol. The number of rotatable bonds is 1. The van der Waals surface area contributed by atoms with Gasteiger partial charge in [-0.25, -0.2) is 0 Å². The Morgan fingerprint density at radius 3 is 2.28 bits per heavy atom. The minimum Gasteiger partial charge on any atom is -0.392 e. The molecule has 2 N–H and O–H groups in total. The van der Waals surface area contributed by atoms with Gasteiger partial charge in [0.1, 0.15) is 17.7 Å². The van der Waals surface area contributed by atoms with E-state index in [-0.39, 0.29) is 47.4 Å². The lowest BCUT2D eigenvalue weighted by atomic mass is 9.39. The van der Waals surface area contributed by atoms with Crippen molar-refractivity contribution in [1.82, 2.24) is 0 Å². The molecule has 4 rings (SSSR count). The first-order chi connectivity index (χ1) is 13.2. The summed E-state index contributed by atoms with van der Waals surface area (Å²) in [7, 11) is 0. The Bertz CT molecular complexity index is 840. The number of fused-ring (bicyclic) bond motifs is 5. The fourth-order valence-corrected chi connectivity index (χ4v) is 8.08. The molecule has 5 nitrogen and oxygen atoms in total. The van der Waals surface area contributed by atoms with Gasteiger partial charge in [-0.2, -0.15) is 0 Å². The van der Waals surface area contributed by atoms with Gasteiger partial charge >= 0.3 is 0 Å². The molecular formula is C24H34O5. The van der Waals surface area contributed by atoms with Crippen LogP contribution in [0.1, 0.15) is 67.2 Å². The molecule has 4 aliphatic rings. The Morgan fingerprint density at radius 2 is 1.69 bits per heavy atom. The molecule has 0 bridgehead atoms. The van der Waals surface area contributed by atoms with Crippen molar-refractivity contribution in [2.24, 2.45) is 39.4 Å². The van der Waals surface area contributed by atoms with E-state index in [4.69, 9.17) is 0 Å². The number of carbonyl (C=O) groups is 3. The van der Waals surface area contributed by atoms with Crippen LogP contribution in [-0.4, -0.2) is 39.8 Å². The fraction of sp³-hybridized carbons (Fsp3) is 0.792. The molecule has 0 aromatic rings. The predicted molar refractivity (Wildman–Crippen MR) is 108 cm³/mol. The van der Waals surface area contributed by atoms with Crippen LogP contribution in [0.4, 0.5) is 0 Å². The minimum absolute atomic E-state index is 0.0483. The summed E-state index contributed by atoms with van der Waals surface area (Å²) in [6.07, 6.45) is 1.96. The second-order valence-corrected chi connectivity index (χ2v) is 11.4. The normalized spacial score (nSPS) is 51.0. The third-order valence-corrected chi connectivity index (χ3v) is 9.88. The van der Waals surface area contributed by atoms with Crippen LogP contribution in [0.15, 0.2) is 11.6 Å². The highest BCUT2D eigenvalue weighted by molar-refractivity contribution is 5.93. The van der Waals surface area contributed by atoms with Gasteiger partial charge in [0.15, 0.2) is 5.78 Å². The van der Waals surface area contributed by atoms with Gasteiger partial charge in [-0.3, -0.25) is 14.4 Å². The van der Waals surface area contributed by atoms with Crippen LogP contribution in [0, 0.1) is 39.4 Å². The number of ketones is 3. The average molecular weight is 403 g/mol. The van der Waals surface area contributed by atoms with Gasteiger partial charge in [-0.1, -0.05) is 46.3 Å². The minimum atomic E-state index is -1.04. The third-order valence-electron chi connectivity index (χ3n) is 9.88. The molecule has 4 aliphatic carbocycles. The average Bonchev–Trinajstić information content (AvgIpc) is 2.79. The van der Waals surface area contributed by atoms with Gasteiger partial charge in [-0.05, 0) is 42.4 Å². The van der Waals surface area contributed by atoms with Crippen molar-refractivity contribution >= 4 is 17.3 Å². The molecule has 0 radical (unpaired) electrons. The van der Waals surface area contributed by atoms with Crippen LogP contribution in [0.5, 0.6) is 0 Å². The monoisotopic (exact) mass is 402 g/mol. The number of carbonyl (C=O) groups excluding carboxylic acids is 3. The lowest BCUT2D eigenvalue weighted by molar-refractivity contribution is -0.172. The summed E-state index contributed by atoms with van der Waals surface area (Å²) in [5.41, 5.74) is -1.36. The van der Waals surface area contributed by atoms with E-state index in [9.17, 15) is 24.6 Å². The molecule has 29 heavy (non-hydrogen) atoms. The number of Topliss-reactive ketones (excluding diaryl/α,β-unsaturated/α-hetero) is 3. The topological polar surface area (TPSA) is 91.7 Å². The summed E-state index contributed by atoms with van der Waals surface area (Å²) in [6.45, 7) is 11.4. The van der Waals surface area contributed by atoms with Crippen molar-refractivity contribution in [2.45, 2.75) is 79.4 Å². The molecule has 0 aromatic heterocycles. The molecule has 0 aromatic carbocycles. The smallest absolute Gasteiger partial charge is 0.162 e. The summed E-state index contributed by atoms with van der Waals surface area (Å²) < 4.78 is 0. The highest BCUT2D eigenvalue weighted by Crippen LogP contribution is 2.72. The zero-order chi connectivity index (χ0) is 21.7. The van der Waals surface area contributed by atoms with E-state index in [0.29, 0.717) is 12.8 Å². The number of allylic oxidation sites excluding steroid dienone is 1. The van der Waals surface area contributed by atoms with Crippen LogP contribution in [0.25, 0.3) is 0 Å². The van der Waals surface area contributed by atoms with Crippen LogP contribution >= 0.6 is 0 Å². The first-order valence-corrected chi connectivity index (χ1v) is 10.9. The molecule has 0 unspecified atom stereocenters. The molecule has 0 heterocycles. The first kappa shape index (κ1) is 20.9. The molecule has 3 fully saturated rings. The highest BCUT2D eigenvalue weighted by Gasteiger charge is 2.72. The summed E-state index contributed by atoms with van der Waals surface area (Å²) in [6, 6.07) is 0. The van der Waals surface area contributed by atoms with Crippen molar-refractivity contribution in [3.05, 3.63) is 11.6 Å². The number of aliphatic hydroxyl groups excluding tert-OH is 2. The van der Waals surface area contributed by atoms with E-state index < -0.39 is 34.4 Å². The second-order valence-electron chi connectivity index (χ2n) is 11.4. The maximum atomic E-state index is 13.8. The van der Waals surface area contributed by atoms with E-state index in [1.165, 1.54) is 6.92 Å². The molecule has 5 heteroatoms. The van der Waals surface area contributed by atoms with Gasteiger partial charge in [0.05, 0.1) is 6.10 Å². The fourth-order valence-electron chi connectivity index (χ4n) is 8.08. The largest absolute Gasteiger partial charge is 0.392 e. The standard InChI is InChI=1S/C24H34O5/c1-12(25)19-16(27)10-22(4)17-8-7-13-14(9-15(26)20(29)21(13,2)3)24(17,6)18(28)11-23(19,22)5/h7,14,16-17,19-20,27,29H,8-11H2,1-6H3/t14-,16-,17+,19+,20-,22+,23-,24+/m1/s1. The predicted octanol–water partition coefficient (Wildman–Crippen LogP) is 2.87. The maximum Gasteiger partial charge on any atom is 0.162 e. The van der Waals surface area contributed by atoms with Gasteiger partial charge < -0.3 is 10.2 Å². The van der Waals surface area contributed by atoms with Crippen molar-refractivity contribution in [3.63, 3.8) is 0 Å². The van der Waals surface area contributed by atoms with Crippen molar-refractivity contribution < 1.29 is 24.6 Å². The quantitative estimate of drug-likeness (QED) is 0.658. The zero-order valence-electron chi connectivity index (χ0n) is 18.4. The number of hydrogen-bond donors (Lipinski definition) is 2. The Kier molecular flexibility index (Phi) is 4.24. The van der Waals surface area contributed by atoms with Crippen LogP contribution in [0.3, 0.4) is 0 Å².